The van der Waals surface area contributed by atoms with E-state index in [1.807, 2.05) is 37.3 Å². The number of aryl methyl sites for hydroxylation is 1. The second kappa shape index (κ2) is 8.35. The highest BCUT2D eigenvalue weighted by Crippen LogP contribution is 2.27. The molecule has 2 amide bonds. The van der Waals surface area contributed by atoms with Crippen LogP contribution in [0.15, 0.2) is 30.3 Å². The van der Waals surface area contributed by atoms with Gasteiger partial charge in [0.05, 0.1) is 17.9 Å². The number of carbonyl (C=O) groups excluding carboxylic acids is 2. The van der Waals surface area contributed by atoms with E-state index < -0.39 is 0 Å². The second-order valence-electron chi connectivity index (χ2n) is 7.59. The number of hydrogen-bond donors (Lipinski definition) is 1. The van der Waals surface area contributed by atoms with Crippen LogP contribution in [-0.4, -0.2) is 53.8 Å². The molecule has 0 unspecified atom stereocenters. The summed E-state index contributed by atoms with van der Waals surface area (Å²) in [5, 5.41) is 7.59. The Morgan fingerprint density at radius 2 is 1.93 bits per heavy atom. The second-order valence-corrected chi connectivity index (χ2v) is 7.59. The van der Waals surface area contributed by atoms with E-state index in [1.54, 1.807) is 11.7 Å². The largest absolute Gasteiger partial charge is 0.375 e. The number of anilines is 1. The van der Waals surface area contributed by atoms with E-state index in [0.29, 0.717) is 5.82 Å². The number of amides is 2. The van der Waals surface area contributed by atoms with Crippen molar-refractivity contribution < 1.29 is 14.3 Å². The summed E-state index contributed by atoms with van der Waals surface area (Å²) >= 11 is 0. The Hall–Kier alpha value is -2.67. The molecule has 27 heavy (non-hydrogen) atoms. The molecule has 1 aromatic heterocycles. The van der Waals surface area contributed by atoms with Crippen molar-refractivity contribution in [2.75, 3.05) is 32.6 Å². The smallest absolute Gasteiger partial charge is 0.248 e. The number of nitrogens with one attached hydrogen (secondary N) is 1. The lowest BCUT2D eigenvalue weighted by Gasteiger charge is -2.17. The van der Waals surface area contributed by atoms with Gasteiger partial charge in [-0.25, -0.2) is 4.68 Å². The maximum atomic E-state index is 12.5. The Morgan fingerprint density at radius 3 is 2.52 bits per heavy atom. The van der Waals surface area contributed by atoms with Crippen LogP contribution in [0, 0.1) is 6.92 Å². The monoisotopic (exact) mass is 372 g/mol. The number of para-hydroxylation sites is 1. The molecule has 1 aromatic carbocycles. The standard InChI is InChI=1S/C20H28N4O3/c1-14-9-7-8-10-15(14)24-17(11-16(22-24)20(2,3)4)21-18(25)12-23(5)19(26)13-27-6/h7-11H,12-13H2,1-6H3,(H,21,25). The minimum atomic E-state index is -0.294. The Bertz CT molecular complexity index is 821. The van der Waals surface area contributed by atoms with Gasteiger partial charge < -0.3 is 15.0 Å². The molecule has 0 aliphatic carbocycles. The third kappa shape index (κ3) is 5.17. The van der Waals surface area contributed by atoms with E-state index in [0.717, 1.165) is 16.9 Å². The van der Waals surface area contributed by atoms with Crippen LogP contribution in [0.1, 0.15) is 32.0 Å². The summed E-state index contributed by atoms with van der Waals surface area (Å²) in [5.74, 6) is 0.0272. The van der Waals surface area contributed by atoms with E-state index >= 15 is 0 Å². The van der Waals surface area contributed by atoms with E-state index in [2.05, 4.69) is 26.1 Å². The molecule has 2 aromatic rings. The molecular formula is C20H28N4O3. The third-order valence-corrected chi connectivity index (χ3v) is 4.16. The topological polar surface area (TPSA) is 76.5 Å². The summed E-state index contributed by atoms with van der Waals surface area (Å²) in [4.78, 5) is 25.6. The van der Waals surface area contributed by atoms with Crippen molar-refractivity contribution in [2.45, 2.75) is 33.1 Å². The molecule has 146 valence electrons. The predicted molar refractivity (Wildman–Crippen MR) is 105 cm³/mol. The van der Waals surface area contributed by atoms with Crippen LogP contribution in [0.5, 0.6) is 0 Å². The fourth-order valence-corrected chi connectivity index (χ4v) is 2.54. The molecule has 0 radical (unpaired) electrons. The van der Waals surface area contributed by atoms with Gasteiger partial charge in [0.2, 0.25) is 11.8 Å². The number of benzene rings is 1. The zero-order valence-electron chi connectivity index (χ0n) is 16.9. The zero-order chi connectivity index (χ0) is 20.2. The molecule has 7 nitrogen and oxygen atoms in total. The van der Waals surface area contributed by atoms with Crippen molar-refractivity contribution in [1.82, 2.24) is 14.7 Å². The minimum Gasteiger partial charge on any atom is -0.375 e. The van der Waals surface area contributed by atoms with Gasteiger partial charge in [-0.1, -0.05) is 39.0 Å². The first kappa shape index (κ1) is 20.6. The van der Waals surface area contributed by atoms with Gasteiger partial charge in [0.1, 0.15) is 12.4 Å². The maximum Gasteiger partial charge on any atom is 0.248 e. The summed E-state index contributed by atoms with van der Waals surface area (Å²) < 4.78 is 6.56. The van der Waals surface area contributed by atoms with Crippen molar-refractivity contribution in [2.24, 2.45) is 0 Å². The van der Waals surface area contributed by atoms with Crippen LogP contribution in [0.3, 0.4) is 0 Å². The van der Waals surface area contributed by atoms with Gasteiger partial charge in [-0.3, -0.25) is 9.59 Å². The first-order chi connectivity index (χ1) is 12.6. The number of carbonyl (C=O) groups is 2. The summed E-state index contributed by atoms with van der Waals surface area (Å²) in [5.41, 5.74) is 2.64. The van der Waals surface area contributed by atoms with Crippen LogP contribution in [0.25, 0.3) is 5.69 Å². The molecule has 0 fully saturated rings. The van der Waals surface area contributed by atoms with Crippen LogP contribution < -0.4 is 5.32 Å². The van der Waals surface area contributed by atoms with Crippen molar-refractivity contribution in [3.63, 3.8) is 0 Å². The molecule has 2 rings (SSSR count). The number of nitrogens with zero attached hydrogens (tertiary/aromatic N) is 3. The van der Waals surface area contributed by atoms with Gasteiger partial charge in [-0.15, -0.1) is 0 Å². The van der Waals surface area contributed by atoms with Crippen molar-refractivity contribution in [3.8, 4) is 5.69 Å². The lowest BCUT2D eigenvalue weighted by atomic mass is 9.92. The minimum absolute atomic E-state index is 0.0565. The maximum absolute atomic E-state index is 12.5. The lowest BCUT2D eigenvalue weighted by molar-refractivity contribution is -0.136. The van der Waals surface area contributed by atoms with Gasteiger partial charge >= 0.3 is 0 Å². The van der Waals surface area contributed by atoms with Crippen LogP contribution in [0.2, 0.25) is 0 Å². The molecule has 0 atom stereocenters. The zero-order valence-corrected chi connectivity index (χ0v) is 16.9. The Balaban J connectivity index is 2.30. The summed E-state index contributed by atoms with van der Waals surface area (Å²) in [7, 11) is 3.01. The van der Waals surface area contributed by atoms with E-state index in [-0.39, 0.29) is 30.4 Å². The number of likely N-dealkylation sites (N-methyl/N-ethyl adjacent to an activating group) is 1. The molecule has 1 heterocycles. The molecule has 0 bridgehead atoms. The van der Waals surface area contributed by atoms with Gasteiger partial charge in [0, 0.05) is 25.6 Å². The highest BCUT2D eigenvalue weighted by Gasteiger charge is 2.22. The SMILES string of the molecule is COCC(=O)N(C)CC(=O)Nc1cc(C(C)(C)C)nn1-c1ccccc1C. The fraction of sp³-hybridized carbons (Fsp3) is 0.450. The average Bonchev–Trinajstić information content (AvgIpc) is 2.99. The lowest BCUT2D eigenvalue weighted by Crippen LogP contribution is -2.37. The average molecular weight is 372 g/mol. The molecule has 0 aliphatic heterocycles. The molecule has 1 N–H and O–H groups in total. The van der Waals surface area contributed by atoms with Crippen molar-refractivity contribution >= 4 is 17.6 Å². The van der Waals surface area contributed by atoms with Crippen LogP contribution in [-0.2, 0) is 19.7 Å². The van der Waals surface area contributed by atoms with Gasteiger partial charge in [-0.2, -0.15) is 5.10 Å². The van der Waals surface area contributed by atoms with E-state index in [9.17, 15) is 9.59 Å². The molecule has 0 spiro atoms. The predicted octanol–water partition coefficient (Wildman–Crippen LogP) is 2.52. The summed E-state index contributed by atoms with van der Waals surface area (Å²) in [6.07, 6.45) is 0. The highest BCUT2D eigenvalue weighted by molar-refractivity contribution is 5.94. The third-order valence-electron chi connectivity index (χ3n) is 4.16. The van der Waals surface area contributed by atoms with Gasteiger partial charge in [-0.05, 0) is 18.6 Å². The number of rotatable bonds is 6. The quantitative estimate of drug-likeness (QED) is 0.845. The summed E-state index contributed by atoms with van der Waals surface area (Å²) in [6.45, 7) is 8.09. The Morgan fingerprint density at radius 1 is 1.26 bits per heavy atom. The number of methoxy groups -OCH3 is 1. The molecular weight excluding hydrogens is 344 g/mol. The Labute approximate surface area is 160 Å². The number of aromatic nitrogens is 2. The van der Waals surface area contributed by atoms with Crippen LogP contribution >= 0.6 is 0 Å². The normalized spacial score (nSPS) is 11.3. The first-order valence-electron chi connectivity index (χ1n) is 8.82. The van der Waals surface area contributed by atoms with E-state index in [1.165, 1.54) is 12.0 Å². The summed E-state index contributed by atoms with van der Waals surface area (Å²) in [6, 6.07) is 9.72. The number of ether oxygens (including phenoxy) is 1. The molecule has 0 saturated carbocycles. The van der Waals surface area contributed by atoms with Gasteiger partial charge in [0.25, 0.3) is 0 Å². The fourth-order valence-electron chi connectivity index (χ4n) is 2.54. The Kier molecular flexibility index (Phi) is 6.38. The van der Waals surface area contributed by atoms with Crippen molar-refractivity contribution in [3.05, 3.63) is 41.6 Å². The van der Waals surface area contributed by atoms with Crippen molar-refractivity contribution in [1.29, 1.82) is 0 Å². The van der Waals surface area contributed by atoms with Crippen LogP contribution in [0.4, 0.5) is 5.82 Å². The molecule has 7 heteroatoms. The van der Waals surface area contributed by atoms with Gasteiger partial charge in [0.15, 0.2) is 0 Å². The first-order valence-corrected chi connectivity index (χ1v) is 8.82. The molecule has 0 saturated heterocycles. The highest BCUT2D eigenvalue weighted by atomic mass is 16.5. The molecule has 0 aliphatic rings. The van der Waals surface area contributed by atoms with E-state index in [4.69, 9.17) is 9.84 Å². The number of hydrogen-bond acceptors (Lipinski definition) is 4.